The average molecular weight is 141 g/mol. The first-order chi connectivity index (χ1) is 3.98. The van der Waals surface area contributed by atoms with Gasteiger partial charge in [-0.15, -0.1) is 0 Å². The Bertz CT molecular complexity index is 78.8. The zero-order valence-corrected chi connectivity index (χ0v) is 5.20. The first-order valence-electron chi connectivity index (χ1n) is 2.80. The highest BCUT2D eigenvalue weighted by atomic mass is 19.4. The fourth-order valence-corrected chi connectivity index (χ4v) is 0.475. The molecule has 1 atom stereocenters. The summed E-state index contributed by atoms with van der Waals surface area (Å²) in [6.45, 7) is 1.67. The van der Waals surface area contributed by atoms with Gasteiger partial charge >= 0.3 is 6.18 Å². The molecule has 0 saturated heterocycles. The van der Waals surface area contributed by atoms with Gasteiger partial charge in [0.2, 0.25) is 0 Å². The van der Waals surface area contributed by atoms with Crippen LogP contribution in [-0.4, -0.2) is 12.2 Å². The molecule has 0 heterocycles. The van der Waals surface area contributed by atoms with Crippen molar-refractivity contribution in [2.75, 3.05) is 0 Å². The molecule has 0 amide bonds. The van der Waals surface area contributed by atoms with Crippen LogP contribution in [0.4, 0.5) is 13.2 Å². The van der Waals surface area contributed by atoms with E-state index >= 15 is 0 Å². The molecule has 0 aromatic carbocycles. The normalized spacial score (nSPS) is 15.7. The van der Waals surface area contributed by atoms with Crippen LogP contribution in [0.1, 0.15) is 19.8 Å². The second-order valence-electron chi connectivity index (χ2n) is 1.94. The summed E-state index contributed by atoms with van der Waals surface area (Å²) in [6.07, 6.45) is -3.72. The van der Waals surface area contributed by atoms with Gasteiger partial charge < -0.3 is 5.73 Å². The predicted molar refractivity (Wildman–Crippen MR) is 28.9 cm³/mol. The van der Waals surface area contributed by atoms with Crippen molar-refractivity contribution in [1.29, 1.82) is 0 Å². The Kier molecular flexibility index (Phi) is 2.97. The number of hydrogen-bond acceptors (Lipinski definition) is 1. The maximum Gasteiger partial charge on any atom is 0.403 e. The van der Waals surface area contributed by atoms with E-state index in [1.165, 1.54) is 0 Å². The van der Waals surface area contributed by atoms with Gasteiger partial charge in [0.25, 0.3) is 0 Å². The van der Waals surface area contributed by atoms with Gasteiger partial charge in [-0.25, -0.2) is 0 Å². The lowest BCUT2D eigenvalue weighted by Gasteiger charge is -2.13. The summed E-state index contributed by atoms with van der Waals surface area (Å²) in [5.41, 5.74) is 4.74. The van der Waals surface area contributed by atoms with Crippen molar-refractivity contribution in [1.82, 2.24) is 0 Å². The van der Waals surface area contributed by atoms with Crippen LogP contribution >= 0.6 is 0 Å². The second kappa shape index (κ2) is 3.06. The molecular weight excluding hydrogens is 131 g/mol. The molecule has 0 rings (SSSR count). The van der Waals surface area contributed by atoms with Gasteiger partial charge in [-0.05, 0) is 6.42 Å². The van der Waals surface area contributed by atoms with Crippen LogP contribution in [0.2, 0.25) is 0 Å². The van der Waals surface area contributed by atoms with E-state index in [2.05, 4.69) is 0 Å². The summed E-state index contributed by atoms with van der Waals surface area (Å²) in [7, 11) is 0. The van der Waals surface area contributed by atoms with Crippen LogP contribution in [-0.2, 0) is 0 Å². The molecule has 0 aromatic heterocycles. The number of rotatable bonds is 2. The monoisotopic (exact) mass is 141 g/mol. The predicted octanol–water partition coefficient (Wildman–Crippen LogP) is 1.68. The van der Waals surface area contributed by atoms with E-state index in [4.69, 9.17) is 5.73 Å². The van der Waals surface area contributed by atoms with E-state index in [-0.39, 0.29) is 6.42 Å². The lowest BCUT2D eigenvalue weighted by molar-refractivity contribution is -0.148. The van der Waals surface area contributed by atoms with Crippen molar-refractivity contribution in [3.05, 3.63) is 0 Å². The third kappa shape index (κ3) is 3.35. The molecule has 56 valence electrons. The Morgan fingerprint density at radius 2 is 1.89 bits per heavy atom. The van der Waals surface area contributed by atoms with E-state index in [0.29, 0.717) is 6.42 Å². The van der Waals surface area contributed by atoms with Gasteiger partial charge in [0.1, 0.15) is 6.04 Å². The van der Waals surface area contributed by atoms with Gasteiger partial charge in [-0.3, -0.25) is 0 Å². The summed E-state index contributed by atoms with van der Waals surface area (Å²) in [6, 6.07) is -1.64. The summed E-state index contributed by atoms with van der Waals surface area (Å²) >= 11 is 0. The second-order valence-corrected chi connectivity index (χ2v) is 1.94. The number of halogens is 3. The van der Waals surface area contributed by atoms with E-state index in [1.54, 1.807) is 6.92 Å². The molecule has 9 heavy (non-hydrogen) atoms. The van der Waals surface area contributed by atoms with Crippen LogP contribution in [0.5, 0.6) is 0 Å². The number of nitrogens with two attached hydrogens (primary N) is 1. The first kappa shape index (κ1) is 8.75. The lowest BCUT2D eigenvalue weighted by atomic mass is 10.2. The van der Waals surface area contributed by atoms with Crippen molar-refractivity contribution < 1.29 is 13.2 Å². The first-order valence-corrected chi connectivity index (χ1v) is 2.80. The standard InChI is InChI=1S/C5H10F3N/c1-2-3-4(9)5(6,7)8/h4H,2-3,9H2,1H3. The van der Waals surface area contributed by atoms with Crippen molar-refractivity contribution in [3.8, 4) is 0 Å². The van der Waals surface area contributed by atoms with Gasteiger partial charge in [0.15, 0.2) is 0 Å². The zero-order chi connectivity index (χ0) is 7.49. The maximum atomic E-state index is 11.5. The molecule has 1 unspecified atom stereocenters. The largest absolute Gasteiger partial charge is 0.403 e. The van der Waals surface area contributed by atoms with E-state index < -0.39 is 12.2 Å². The molecule has 0 fully saturated rings. The fourth-order valence-electron chi connectivity index (χ4n) is 0.475. The molecule has 0 aliphatic rings. The molecule has 0 radical (unpaired) electrons. The number of alkyl halides is 3. The Balaban J connectivity index is 3.59. The molecule has 4 heteroatoms. The van der Waals surface area contributed by atoms with Crippen LogP contribution in [0.25, 0.3) is 0 Å². The fraction of sp³-hybridized carbons (Fsp3) is 1.00. The Labute approximate surface area is 52.0 Å². The smallest absolute Gasteiger partial charge is 0.320 e. The maximum absolute atomic E-state index is 11.5. The number of hydrogen-bond donors (Lipinski definition) is 1. The molecule has 0 bridgehead atoms. The highest BCUT2D eigenvalue weighted by molar-refractivity contribution is 4.68. The molecule has 0 saturated carbocycles. The van der Waals surface area contributed by atoms with Gasteiger partial charge in [0, 0.05) is 0 Å². The van der Waals surface area contributed by atoms with Crippen molar-refractivity contribution in [3.63, 3.8) is 0 Å². The summed E-state index contributed by atoms with van der Waals surface area (Å²) in [5.74, 6) is 0. The van der Waals surface area contributed by atoms with E-state index in [0.717, 1.165) is 0 Å². The van der Waals surface area contributed by atoms with E-state index in [9.17, 15) is 13.2 Å². The molecule has 0 aliphatic heterocycles. The lowest BCUT2D eigenvalue weighted by Crippen LogP contribution is -2.36. The Morgan fingerprint density at radius 1 is 1.44 bits per heavy atom. The minimum atomic E-state index is -4.21. The molecule has 0 aromatic rings. The van der Waals surface area contributed by atoms with Crippen LogP contribution in [0, 0.1) is 0 Å². The summed E-state index contributed by atoms with van der Waals surface area (Å²) in [4.78, 5) is 0. The molecule has 1 nitrogen and oxygen atoms in total. The third-order valence-corrected chi connectivity index (χ3v) is 1.02. The Morgan fingerprint density at radius 3 is 2.00 bits per heavy atom. The van der Waals surface area contributed by atoms with Crippen molar-refractivity contribution >= 4 is 0 Å². The minimum Gasteiger partial charge on any atom is -0.320 e. The summed E-state index contributed by atoms with van der Waals surface area (Å²) < 4.78 is 34.5. The molecular formula is C5H10F3N. The Hall–Kier alpha value is -0.250. The highest BCUT2D eigenvalue weighted by Gasteiger charge is 2.35. The zero-order valence-electron chi connectivity index (χ0n) is 5.20. The van der Waals surface area contributed by atoms with Crippen LogP contribution < -0.4 is 5.73 Å². The van der Waals surface area contributed by atoms with Crippen molar-refractivity contribution in [2.24, 2.45) is 5.73 Å². The molecule has 2 N–H and O–H groups in total. The topological polar surface area (TPSA) is 26.0 Å². The average Bonchev–Trinajstić information content (AvgIpc) is 1.64. The third-order valence-electron chi connectivity index (χ3n) is 1.02. The quantitative estimate of drug-likeness (QED) is 0.622. The molecule has 0 spiro atoms. The van der Waals surface area contributed by atoms with Crippen LogP contribution in [0.3, 0.4) is 0 Å². The van der Waals surface area contributed by atoms with Crippen LogP contribution in [0.15, 0.2) is 0 Å². The summed E-state index contributed by atoms with van der Waals surface area (Å²) in [5, 5.41) is 0. The highest BCUT2D eigenvalue weighted by Crippen LogP contribution is 2.20. The molecule has 0 aliphatic carbocycles. The SMILES string of the molecule is CCCC(N)C(F)(F)F. The van der Waals surface area contributed by atoms with Gasteiger partial charge in [-0.2, -0.15) is 13.2 Å². The van der Waals surface area contributed by atoms with Gasteiger partial charge in [0.05, 0.1) is 0 Å². The van der Waals surface area contributed by atoms with Gasteiger partial charge in [-0.1, -0.05) is 13.3 Å². The van der Waals surface area contributed by atoms with E-state index in [1.807, 2.05) is 0 Å². The van der Waals surface area contributed by atoms with Crippen molar-refractivity contribution in [2.45, 2.75) is 32.0 Å². The minimum absolute atomic E-state index is 0.0174.